The minimum atomic E-state index is -0.497. The van der Waals surface area contributed by atoms with Crippen LogP contribution in [0.5, 0.6) is 0 Å². The number of anilines is 2. The summed E-state index contributed by atoms with van der Waals surface area (Å²) in [7, 11) is 0. The van der Waals surface area contributed by atoms with Crippen molar-refractivity contribution in [3.63, 3.8) is 0 Å². The lowest BCUT2D eigenvalue weighted by Gasteiger charge is -2.08. The van der Waals surface area contributed by atoms with Crippen molar-refractivity contribution in [2.24, 2.45) is 0 Å². The standard InChI is InChI=1S/C24H19FN4O2/c25-19-9-8-16(26)12-18(19)22-14-29-23(20(27-22)11-15-5-2-1-3-6-15)28-21(24(29)30)13-17-7-4-10-31-17/h1-10,12,14,21H,11,13,26H2/p+1. The summed E-state index contributed by atoms with van der Waals surface area (Å²) in [5, 5.41) is 3.29. The van der Waals surface area contributed by atoms with Crippen LogP contribution in [0, 0.1) is 5.82 Å². The summed E-state index contributed by atoms with van der Waals surface area (Å²) >= 11 is 0. The molecule has 1 aliphatic rings. The van der Waals surface area contributed by atoms with Crippen molar-refractivity contribution in [1.82, 2.24) is 4.98 Å². The van der Waals surface area contributed by atoms with E-state index < -0.39 is 11.9 Å². The molecule has 0 aliphatic carbocycles. The molecule has 0 amide bonds. The lowest BCUT2D eigenvalue weighted by Crippen LogP contribution is -2.44. The van der Waals surface area contributed by atoms with Gasteiger partial charge in [0.2, 0.25) is 6.04 Å². The first-order chi connectivity index (χ1) is 15.1. The second-order valence-electron chi connectivity index (χ2n) is 7.51. The number of aromatic nitrogens is 2. The molecule has 0 saturated heterocycles. The van der Waals surface area contributed by atoms with E-state index in [4.69, 9.17) is 15.1 Å². The van der Waals surface area contributed by atoms with Crippen molar-refractivity contribution in [1.29, 1.82) is 0 Å². The number of nitrogens with one attached hydrogen (secondary N) is 1. The third-order valence-electron chi connectivity index (χ3n) is 5.33. The van der Waals surface area contributed by atoms with Gasteiger partial charge in [0.15, 0.2) is 0 Å². The Hall–Kier alpha value is -4.00. The highest BCUT2D eigenvalue weighted by atomic mass is 19.1. The van der Waals surface area contributed by atoms with E-state index in [2.05, 4.69) is 5.32 Å². The summed E-state index contributed by atoms with van der Waals surface area (Å²) in [5.41, 5.74) is 8.60. The van der Waals surface area contributed by atoms with Gasteiger partial charge in [0.05, 0.1) is 12.7 Å². The Morgan fingerprint density at radius 1 is 1.13 bits per heavy atom. The molecule has 154 valence electrons. The Labute approximate surface area is 178 Å². The molecule has 1 atom stereocenters. The number of halogens is 1. The Kier molecular flexibility index (Phi) is 4.71. The first kappa shape index (κ1) is 19.0. The SMILES string of the molecule is Nc1ccc(F)c(-c2c[n+]3c(c(Cc4ccccc4)n2)NC(Cc2ccco2)C3=O)c1. The normalized spacial score (nSPS) is 15.0. The average molecular weight is 415 g/mol. The minimum Gasteiger partial charge on any atom is -0.469 e. The number of carbonyl (C=O) groups excluding carboxylic acids is 1. The Balaban J connectivity index is 1.60. The van der Waals surface area contributed by atoms with Gasteiger partial charge < -0.3 is 10.2 Å². The molecule has 6 nitrogen and oxygen atoms in total. The molecule has 7 heteroatoms. The molecule has 2 aromatic carbocycles. The highest BCUT2D eigenvalue weighted by Gasteiger charge is 2.41. The molecule has 4 aromatic rings. The molecule has 3 heterocycles. The lowest BCUT2D eigenvalue weighted by molar-refractivity contribution is -0.552. The number of hydrogen-bond donors (Lipinski definition) is 2. The number of nitrogen functional groups attached to an aromatic ring is 1. The fourth-order valence-electron chi connectivity index (χ4n) is 3.82. The second-order valence-corrected chi connectivity index (χ2v) is 7.51. The molecule has 0 saturated carbocycles. The van der Waals surface area contributed by atoms with Crippen LogP contribution in [0.15, 0.2) is 77.5 Å². The van der Waals surface area contributed by atoms with Crippen LogP contribution in [-0.2, 0) is 12.8 Å². The molecule has 2 aromatic heterocycles. The quantitative estimate of drug-likeness (QED) is 0.384. The van der Waals surface area contributed by atoms with Crippen molar-refractivity contribution < 1.29 is 18.2 Å². The zero-order chi connectivity index (χ0) is 21.4. The first-order valence-electron chi connectivity index (χ1n) is 9.96. The summed E-state index contributed by atoms with van der Waals surface area (Å²) in [6, 6.07) is 17.3. The number of rotatable bonds is 5. The van der Waals surface area contributed by atoms with E-state index in [0.717, 1.165) is 5.56 Å². The van der Waals surface area contributed by atoms with E-state index in [0.29, 0.717) is 41.5 Å². The van der Waals surface area contributed by atoms with E-state index in [1.807, 2.05) is 36.4 Å². The van der Waals surface area contributed by atoms with Crippen LogP contribution in [0.1, 0.15) is 21.8 Å². The van der Waals surface area contributed by atoms with Gasteiger partial charge in [-0.15, -0.1) is 0 Å². The predicted octanol–water partition coefficient (Wildman–Crippen LogP) is 3.62. The number of nitrogens with two attached hydrogens (primary N) is 1. The number of fused-ring (bicyclic) bond motifs is 1. The van der Waals surface area contributed by atoms with Crippen LogP contribution in [0.2, 0.25) is 0 Å². The van der Waals surface area contributed by atoms with Gasteiger partial charge >= 0.3 is 11.7 Å². The van der Waals surface area contributed by atoms with Crippen LogP contribution < -0.4 is 15.6 Å². The van der Waals surface area contributed by atoms with Gasteiger partial charge in [0, 0.05) is 17.7 Å². The average Bonchev–Trinajstić information content (AvgIpc) is 3.40. The smallest absolute Gasteiger partial charge is 0.359 e. The van der Waals surface area contributed by atoms with Crippen molar-refractivity contribution in [2.45, 2.75) is 18.9 Å². The largest absolute Gasteiger partial charge is 0.469 e. The fraction of sp³-hybridized carbons (Fsp3) is 0.125. The van der Waals surface area contributed by atoms with Crippen LogP contribution >= 0.6 is 0 Å². The summed E-state index contributed by atoms with van der Waals surface area (Å²) < 4.78 is 21.5. The molecular formula is C24H20FN4O2+. The van der Waals surface area contributed by atoms with Crippen molar-refractivity contribution in [3.8, 4) is 11.3 Å². The molecule has 31 heavy (non-hydrogen) atoms. The van der Waals surface area contributed by atoms with Gasteiger partial charge in [-0.05, 0) is 35.9 Å². The summed E-state index contributed by atoms with van der Waals surface area (Å²) in [4.78, 5) is 17.9. The molecule has 3 N–H and O–H groups in total. The van der Waals surface area contributed by atoms with Gasteiger partial charge in [-0.2, -0.15) is 4.57 Å². The van der Waals surface area contributed by atoms with E-state index in [9.17, 15) is 9.18 Å². The van der Waals surface area contributed by atoms with Crippen LogP contribution in [0.3, 0.4) is 0 Å². The molecule has 0 fully saturated rings. The minimum absolute atomic E-state index is 0.145. The zero-order valence-electron chi connectivity index (χ0n) is 16.6. The van der Waals surface area contributed by atoms with E-state index in [1.54, 1.807) is 18.5 Å². The molecule has 1 unspecified atom stereocenters. The van der Waals surface area contributed by atoms with Crippen molar-refractivity contribution >= 4 is 17.4 Å². The Morgan fingerprint density at radius 3 is 2.74 bits per heavy atom. The predicted molar refractivity (Wildman–Crippen MR) is 114 cm³/mol. The molecule has 0 bridgehead atoms. The maximum absolute atomic E-state index is 14.6. The highest BCUT2D eigenvalue weighted by Crippen LogP contribution is 2.27. The van der Waals surface area contributed by atoms with Gasteiger partial charge in [-0.3, -0.25) is 5.32 Å². The molecule has 1 aliphatic heterocycles. The van der Waals surface area contributed by atoms with Crippen molar-refractivity contribution in [2.75, 3.05) is 11.1 Å². The van der Waals surface area contributed by atoms with Gasteiger partial charge in [-0.1, -0.05) is 30.3 Å². The number of carbonyl (C=O) groups is 1. The van der Waals surface area contributed by atoms with Crippen LogP contribution in [0.4, 0.5) is 15.9 Å². The molecule has 0 radical (unpaired) electrons. The van der Waals surface area contributed by atoms with Crippen LogP contribution in [0.25, 0.3) is 11.3 Å². The third kappa shape index (κ3) is 3.66. The van der Waals surface area contributed by atoms with Gasteiger partial charge in [-0.25, -0.2) is 14.2 Å². The first-order valence-corrected chi connectivity index (χ1v) is 9.96. The maximum atomic E-state index is 14.6. The van der Waals surface area contributed by atoms with E-state index in [1.165, 1.54) is 22.8 Å². The number of furan rings is 1. The lowest BCUT2D eigenvalue weighted by atomic mass is 10.1. The van der Waals surface area contributed by atoms with Crippen LogP contribution in [-0.4, -0.2) is 16.9 Å². The zero-order valence-corrected chi connectivity index (χ0v) is 16.6. The van der Waals surface area contributed by atoms with E-state index in [-0.39, 0.29) is 11.5 Å². The summed E-state index contributed by atoms with van der Waals surface area (Å²) in [6.07, 6.45) is 4.04. The Bertz CT molecular complexity index is 1260. The molecule has 0 spiro atoms. The monoisotopic (exact) mass is 415 g/mol. The molecular weight excluding hydrogens is 395 g/mol. The number of benzene rings is 2. The Morgan fingerprint density at radius 2 is 1.97 bits per heavy atom. The second kappa shape index (κ2) is 7.68. The fourth-order valence-corrected chi connectivity index (χ4v) is 3.82. The molecule has 5 rings (SSSR count). The topological polar surface area (TPSA) is 85.0 Å². The van der Waals surface area contributed by atoms with Crippen molar-refractivity contribution in [3.05, 3.63) is 96.0 Å². The maximum Gasteiger partial charge on any atom is 0.359 e. The summed E-state index contributed by atoms with van der Waals surface area (Å²) in [5.74, 6) is 0.726. The summed E-state index contributed by atoms with van der Waals surface area (Å²) in [6.45, 7) is 0. The number of nitrogens with zero attached hydrogens (tertiary/aromatic N) is 2. The van der Waals surface area contributed by atoms with Gasteiger partial charge in [0.25, 0.3) is 0 Å². The third-order valence-corrected chi connectivity index (χ3v) is 5.33. The highest BCUT2D eigenvalue weighted by molar-refractivity contribution is 5.82. The van der Waals surface area contributed by atoms with E-state index >= 15 is 0 Å². The van der Waals surface area contributed by atoms with Gasteiger partial charge in [0.1, 0.15) is 29.2 Å². The number of hydrogen-bond acceptors (Lipinski definition) is 5.